The van der Waals surface area contributed by atoms with E-state index in [-0.39, 0.29) is 17.3 Å². The number of hydrogen-bond donors (Lipinski definition) is 1. The summed E-state index contributed by atoms with van der Waals surface area (Å²) in [5, 5.41) is 3.21. The molecule has 1 aliphatic rings. The van der Waals surface area contributed by atoms with E-state index in [1.165, 1.54) is 16.4 Å². The van der Waals surface area contributed by atoms with E-state index in [0.29, 0.717) is 42.6 Å². The average molecular weight is 424 g/mol. The standard InChI is InChI=1S/C19H22ClN3O4S/c1-27-18-8-3-2-7-17(18)21-19(24)14-22-9-11-23(12-10-22)28(25,26)16-6-4-5-15(20)13-16/h2-8,13H,9-12,14H2,1H3,(H,21,24). The van der Waals surface area contributed by atoms with Gasteiger partial charge in [-0.3, -0.25) is 9.69 Å². The zero-order valence-electron chi connectivity index (χ0n) is 15.5. The van der Waals surface area contributed by atoms with Crippen LogP contribution in [-0.4, -0.2) is 63.4 Å². The number of carbonyl (C=O) groups is 1. The highest BCUT2D eigenvalue weighted by atomic mass is 35.5. The molecule has 2 aromatic carbocycles. The van der Waals surface area contributed by atoms with Gasteiger partial charge in [-0.2, -0.15) is 4.31 Å². The Kier molecular flexibility index (Phi) is 6.56. The van der Waals surface area contributed by atoms with E-state index < -0.39 is 10.0 Å². The number of anilines is 1. The molecule has 0 atom stereocenters. The Morgan fingerprint density at radius 1 is 1.11 bits per heavy atom. The predicted molar refractivity (Wildman–Crippen MR) is 108 cm³/mol. The maximum Gasteiger partial charge on any atom is 0.243 e. The normalized spacial score (nSPS) is 15.9. The summed E-state index contributed by atoms with van der Waals surface area (Å²) < 4.78 is 32.1. The van der Waals surface area contributed by atoms with Crippen LogP contribution in [0.25, 0.3) is 0 Å². The Bertz CT molecular complexity index is 944. The first-order valence-corrected chi connectivity index (χ1v) is 10.6. The van der Waals surface area contributed by atoms with Gasteiger partial charge in [0.05, 0.1) is 24.2 Å². The number of sulfonamides is 1. The van der Waals surface area contributed by atoms with Gasteiger partial charge in [-0.05, 0) is 30.3 Å². The highest BCUT2D eigenvalue weighted by Gasteiger charge is 2.29. The number of amides is 1. The van der Waals surface area contributed by atoms with Crippen molar-refractivity contribution in [3.05, 3.63) is 53.6 Å². The van der Waals surface area contributed by atoms with Crippen LogP contribution in [0.1, 0.15) is 0 Å². The Labute approximate surface area is 169 Å². The van der Waals surface area contributed by atoms with Gasteiger partial charge in [0.25, 0.3) is 0 Å². The van der Waals surface area contributed by atoms with E-state index in [2.05, 4.69) is 5.32 Å². The highest BCUT2D eigenvalue weighted by Crippen LogP contribution is 2.23. The Balaban J connectivity index is 1.56. The third-order valence-electron chi connectivity index (χ3n) is 4.51. The minimum atomic E-state index is -3.59. The van der Waals surface area contributed by atoms with Gasteiger partial charge < -0.3 is 10.1 Å². The molecule has 3 rings (SSSR count). The Hall–Kier alpha value is -2.13. The summed E-state index contributed by atoms with van der Waals surface area (Å²) in [6.45, 7) is 1.76. The number of nitrogens with one attached hydrogen (secondary N) is 1. The lowest BCUT2D eigenvalue weighted by Crippen LogP contribution is -2.50. The topological polar surface area (TPSA) is 79.0 Å². The number of piperazine rings is 1. The molecule has 0 bridgehead atoms. The maximum atomic E-state index is 12.7. The van der Waals surface area contributed by atoms with Crippen LogP contribution < -0.4 is 10.1 Å². The van der Waals surface area contributed by atoms with Crippen LogP contribution >= 0.6 is 11.6 Å². The summed E-state index contributed by atoms with van der Waals surface area (Å²) >= 11 is 5.91. The van der Waals surface area contributed by atoms with Crippen LogP contribution in [-0.2, 0) is 14.8 Å². The summed E-state index contributed by atoms with van der Waals surface area (Å²) in [6.07, 6.45) is 0. The molecule has 0 aromatic heterocycles. The van der Waals surface area contributed by atoms with Crippen LogP contribution in [0.5, 0.6) is 5.75 Å². The molecule has 1 fully saturated rings. The fraction of sp³-hybridized carbons (Fsp3) is 0.316. The van der Waals surface area contributed by atoms with Gasteiger partial charge in [-0.1, -0.05) is 29.8 Å². The van der Waals surface area contributed by atoms with Crippen LogP contribution in [0, 0.1) is 0 Å². The lowest BCUT2D eigenvalue weighted by atomic mass is 10.3. The van der Waals surface area contributed by atoms with Crippen LogP contribution in [0.2, 0.25) is 5.02 Å². The number of nitrogens with zero attached hydrogens (tertiary/aromatic N) is 2. The molecule has 0 saturated carbocycles. The quantitative estimate of drug-likeness (QED) is 0.771. The number of rotatable bonds is 6. The monoisotopic (exact) mass is 423 g/mol. The Morgan fingerprint density at radius 3 is 2.50 bits per heavy atom. The second-order valence-electron chi connectivity index (χ2n) is 6.39. The minimum Gasteiger partial charge on any atom is -0.495 e. The number of hydrogen-bond acceptors (Lipinski definition) is 5. The van der Waals surface area contributed by atoms with E-state index in [4.69, 9.17) is 16.3 Å². The lowest BCUT2D eigenvalue weighted by molar-refractivity contribution is -0.117. The molecule has 0 spiro atoms. The summed E-state index contributed by atoms with van der Waals surface area (Å²) in [5.74, 6) is 0.420. The fourth-order valence-corrected chi connectivity index (χ4v) is 4.77. The molecular weight excluding hydrogens is 402 g/mol. The van der Waals surface area contributed by atoms with Gasteiger partial charge in [0.1, 0.15) is 5.75 Å². The van der Waals surface area contributed by atoms with Crippen LogP contribution in [0.4, 0.5) is 5.69 Å². The molecule has 1 amide bonds. The number of para-hydroxylation sites is 2. The third-order valence-corrected chi connectivity index (χ3v) is 6.64. The lowest BCUT2D eigenvalue weighted by Gasteiger charge is -2.33. The first-order valence-electron chi connectivity index (χ1n) is 8.81. The summed E-state index contributed by atoms with van der Waals surface area (Å²) in [7, 11) is -2.04. The first-order chi connectivity index (χ1) is 13.4. The third kappa shape index (κ3) is 4.82. The van der Waals surface area contributed by atoms with Gasteiger partial charge >= 0.3 is 0 Å². The molecule has 7 nitrogen and oxygen atoms in total. The molecule has 150 valence electrons. The summed E-state index contributed by atoms with van der Waals surface area (Å²) in [4.78, 5) is 14.4. The zero-order chi connectivity index (χ0) is 20.1. The molecule has 28 heavy (non-hydrogen) atoms. The average Bonchev–Trinajstić information content (AvgIpc) is 2.69. The molecule has 1 heterocycles. The van der Waals surface area contributed by atoms with E-state index in [1.807, 2.05) is 17.0 Å². The second-order valence-corrected chi connectivity index (χ2v) is 8.76. The zero-order valence-corrected chi connectivity index (χ0v) is 17.0. The van der Waals surface area contributed by atoms with Crippen molar-refractivity contribution in [1.82, 2.24) is 9.21 Å². The molecular formula is C19H22ClN3O4S. The van der Waals surface area contributed by atoms with E-state index in [0.717, 1.165) is 0 Å². The van der Waals surface area contributed by atoms with E-state index in [9.17, 15) is 13.2 Å². The van der Waals surface area contributed by atoms with Gasteiger partial charge in [0.2, 0.25) is 15.9 Å². The molecule has 0 unspecified atom stereocenters. The minimum absolute atomic E-state index is 0.171. The van der Waals surface area contributed by atoms with Crippen LogP contribution in [0.3, 0.4) is 0 Å². The SMILES string of the molecule is COc1ccccc1NC(=O)CN1CCN(S(=O)(=O)c2cccc(Cl)c2)CC1. The summed E-state index contributed by atoms with van der Waals surface area (Å²) in [6, 6.07) is 13.4. The van der Waals surface area contributed by atoms with Crippen molar-refractivity contribution in [3.63, 3.8) is 0 Å². The number of halogens is 1. The van der Waals surface area contributed by atoms with Gasteiger partial charge in [0.15, 0.2) is 0 Å². The molecule has 9 heteroatoms. The van der Waals surface area contributed by atoms with E-state index in [1.54, 1.807) is 31.4 Å². The van der Waals surface area contributed by atoms with E-state index >= 15 is 0 Å². The van der Waals surface area contributed by atoms with Crippen molar-refractivity contribution in [3.8, 4) is 5.75 Å². The van der Waals surface area contributed by atoms with Gasteiger partial charge in [-0.25, -0.2) is 8.42 Å². The van der Waals surface area contributed by atoms with Gasteiger partial charge in [0, 0.05) is 31.2 Å². The van der Waals surface area contributed by atoms with Crippen molar-refractivity contribution < 1.29 is 17.9 Å². The number of carbonyl (C=O) groups excluding carboxylic acids is 1. The molecule has 0 radical (unpaired) electrons. The van der Waals surface area contributed by atoms with Crippen molar-refractivity contribution in [2.24, 2.45) is 0 Å². The fourth-order valence-electron chi connectivity index (χ4n) is 3.05. The molecule has 1 N–H and O–H groups in total. The molecule has 2 aromatic rings. The maximum absolute atomic E-state index is 12.7. The highest BCUT2D eigenvalue weighted by molar-refractivity contribution is 7.89. The largest absolute Gasteiger partial charge is 0.495 e. The van der Waals surface area contributed by atoms with Gasteiger partial charge in [-0.15, -0.1) is 0 Å². The van der Waals surface area contributed by atoms with Crippen molar-refractivity contribution in [1.29, 1.82) is 0 Å². The first kappa shape index (κ1) is 20.6. The van der Waals surface area contributed by atoms with Crippen molar-refractivity contribution in [2.75, 3.05) is 45.2 Å². The number of benzene rings is 2. The molecule has 0 aliphatic carbocycles. The second kappa shape index (κ2) is 8.91. The predicted octanol–water partition coefficient (Wildman–Crippen LogP) is 2.29. The van der Waals surface area contributed by atoms with Crippen molar-refractivity contribution >= 4 is 33.2 Å². The molecule has 1 aliphatic heterocycles. The van der Waals surface area contributed by atoms with Crippen molar-refractivity contribution in [2.45, 2.75) is 4.90 Å². The Morgan fingerprint density at radius 2 is 1.82 bits per heavy atom. The summed E-state index contributed by atoms with van der Waals surface area (Å²) in [5.41, 5.74) is 0.608. The van der Waals surface area contributed by atoms with Crippen LogP contribution in [0.15, 0.2) is 53.4 Å². The number of ether oxygens (including phenoxy) is 1. The molecule has 1 saturated heterocycles. The number of methoxy groups -OCH3 is 1. The smallest absolute Gasteiger partial charge is 0.243 e.